The lowest BCUT2D eigenvalue weighted by molar-refractivity contribution is 0.0541. The van der Waals surface area contributed by atoms with Gasteiger partial charge in [-0.3, -0.25) is 10.1 Å². The van der Waals surface area contributed by atoms with Gasteiger partial charge in [0.05, 0.1) is 38.1 Å². The van der Waals surface area contributed by atoms with Crippen LogP contribution in [0.25, 0.3) is 11.3 Å². The Labute approximate surface area is 210 Å². The van der Waals surface area contributed by atoms with E-state index in [9.17, 15) is 9.59 Å². The second-order valence-electron chi connectivity index (χ2n) is 9.41. The number of hydrogen-bond donors (Lipinski definition) is 2. The maximum atomic E-state index is 13.7. The molecule has 1 saturated heterocycles. The van der Waals surface area contributed by atoms with E-state index in [1.54, 1.807) is 29.2 Å². The number of aliphatic hydroxyl groups excluding tert-OH is 1. The first-order valence-corrected chi connectivity index (χ1v) is 12.1. The average Bonchev–Trinajstić information content (AvgIpc) is 2.95. The Morgan fingerprint density at radius 3 is 2.69 bits per heavy atom. The topological polar surface area (TPSA) is 126 Å². The third kappa shape index (κ3) is 5.52. The maximum absolute atomic E-state index is 13.7. The molecule has 3 heterocycles. The highest BCUT2D eigenvalue weighted by molar-refractivity contribution is 6.02. The van der Waals surface area contributed by atoms with Crippen LogP contribution in [0.5, 0.6) is 5.88 Å². The molecule has 36 heavy (non-hydrogen) atoms. The number of rotatable bonds is 6. The minimum Gasteiger partial charge on any atom is -0.469 e. The molecule has 0 aliphatic carbocycles. The molecule has 0 unspecified atom stereocenters. The fourth-order valence-corrected chi connectivity index (χ4v) is 4.30. The summed E-state index contributed by atoms with van der Waals surface area (Å²) in [7, 11) is 0. The molecule has 1 atom stereocenters. The number of carbonyl (C=O) groups excluding carboxylic acids is 2. The van der Waals surface area contributed by atoms with Gasteiger partial charge in [0.2, 0.25) is 11.8 Å². The van der Waals surface area contributed by atoms with E-state index in [-0.39, 0.29) is 31.0 Å². The number of fused-ring (bicyclic) bond motifs is 1. The monoisotopic (exact) mass is 499 g/mol. The third-order valence-electron chi connectivity index (χ3n) is 6.05. The van der Waals surface area contributed by atoms with Crippen LogP contribution in [0.1, 0.15) is 38.1 Å². The van der Waals surface area contributed by atoms with Crippen molar-refractivity contribution >= 4 is 23.6 Å². The summed E-state index contributed by atoms with van der Waals surface area (Å²) >= 11 is 0. The van der Waals surface area contributed by atoms with Gasteiger partial charge in [-0.25, -0.2) is 9.78 Å². The van der Waals surface area contributed by atoms with Gasteiger partial charge in [0.15, 0.2) is 0 Å². The molecular formula is C25H33N5O6. The molecule has 2 aromatic rings. The van der Waals surface area contributed by atoms with Crippen LogP contribution in [0.15, 0.2) is 24.3 Å². The van der Waals surface area contributed by atoms with Crippen molar-refractivity contribution in [1.29, 1.82) is 0 Å². The van der Waals surface area contributed by atoms with Crippen LogP contribution in [0, 0.1) is 0 Å². The van der Waals surface area contributed by atoms with Crippen molar-refractivity contribution in [2.45, 2.75) is 39.3 Å². The zero-order valence-electron chi connectivity index (χ0n) is 21.1. The number of benzene rings is 1. The molecule has 1 aromatic carbocycles. The maximum Gasteiger partial charge on any atom is 0.411 e. The molecule has 11 nitrogen and oxygen atoms in total. The summed E-state index contributed by atoms with van der Waals surface area (Å²) < 4.78 is 16.8. The van der Waals surface area contributed by atoms with Gasteiger partial charge in [0.25, 0.3) is 5.91 Å². The number of aliphatic hydroxyl groups is 1. The van der Waals surface area contributed by atoms with Gasteiger partial charge >= 0.3 is 6.09 Å². The normalized spacial score (nSPS) is 19.2. The molecule has 194 valence electrons. The smallest absolute Gasteiger partial charge is 0.411 e. The number of nitrogens with zero attached hydrogens (tertiary/aromatic N) is 4. The van der Waals surface area contributed by atoms with Crippen molar-refractivity contribution in [3.8, 4) is 17.1 Å². The lowest BCUT2D eigenvalue weighted by Crippen LogP contribution is -2.44. The number of likely N-dealkylation sites (N-methyl/N-ethyl adjacent to an activating group) is 1. The zero-order chi connectivity index (χ0) is 25.9. The highest BCUT2D eigenvalue weighted by Gasteiger charge is 2.37. The van der Waals surface area contributed by atoms with Gasteiger partial charge in [-0.05, 0) is 39.8 Å². The van der Waals surface area contributed by atoms with E-state index in [0.29, 0.717) is 61.3 Å². The summed E-state index contributed by atoms with van der Waals surface area (Å²) in [5.74, 6) is 0.543. The number of anilines is 2. The van der Waals surface area contributed by atoms with E-state index in [2.05, 4.69) is 10.2 Å². The standard InChI is InChI=1S/C25H33N5O6/c1-5-29-15-25(3,4)36-21-19(22(29)32)20(27-23(28-21)30-10-12-34-14-16(30)2)17-6-8-18(9-7-17)26-24(33)35-13-11-31/h6-9,16,31H,5,10-15H2,1-4H3,(H,26,33)/t16-/m0/s1. The van der Waals surface area contributed by atoms with Crippen LogP contribution < -0.4 is 15.0 Å². The van der Waals surface area contributed by atoms with Crippen molar-refractivity contribution in [2.75, 3.05) is 56.3 Å². The van der Waals surface area contributed by atoms with Gasteiger partial charge in [0.1, 0.15) is 17.8 Å². The van der Waals surface area contributed by atoms with Crippen molar-refractivity contribution in [3.63, 3.8) is 0 Å². The van der Waals surface area contributed by atoms with E-state index in [4.69, 9.17) is 29.3 Å². The number of morpholine rings is 1. The molecule has 0 saturated carbocycles. The third-order valence-corrected chi connectivity index (χ3v) is 6.05. The van der Waals surface area contributed by atoms with E-state index in [1.807, 2.05) is 27.7 Å². The number of aromatic nitrogens is 2. The van der Waals surface area contributed by atoms with Gasteiger partial charge in [-0.15, -0.1) is 0 Å². The summed E-state index contributed by atoms with van der Waals surface area (Å²) in [5.41, 5.74) is 1.32. The first-order chi connectivity index (χ1) is 17.2. The minimum absolute atomic E-state index is 0.0581. The Morgan fingerprint density at radius 2 is 2.03 bits per heavy atom. The second kappa shape index (κ2) is 10.7. The zero-order valence-corrected chi connectivity index (χ0v) is 21.1. The molecule has 2 aliphatic heterocycles. The van der Waals surface area contributed by atoms with Crippen molar-refractivity contribution in [2.24, 2.45) is 0 Å². The van der Waals surface area contributed by atoms with E-state index >= 15 is 0 Å². The van der Waals surface area contributed by atoms with Crippen molar-refractivity contribution in [3.05, 3.63) is 29.8 Å². The fourth-order valence-electron chi connectivity index (χ4n) is 4.30. The Hall–Kier alpha value is -3.44. The summed E-state index contributed by atoms with van der Waals surface area (Å²) in [6, 6.07) is 7.00. The number of amides is 2. The van der Waals surface area contributed by atoms with Gasteiger partial charge in [0, 0.05) is 24.3 Å². The molecule has 0 bridgehead atoms. The SMILES string of the molecule is CCN1CC(C)(C)Oc2nc(N3CCOC[C@@H]3C)nc(-c3ccc(NC(=O)OCCO)cc3)c2C1=O. The Kier molecular flexibility index (Phi) is 7.60. The molecule has 11 heteroatoms. The molecule has 2 aliphatic rings. The van der Waals surface area contributed by atoms with Crippen molar-refractivity contribution in [1.82, 2.24) is 14.9 Å². The van der Waals surface area contributed by atoms with Gasteiger partial charge < -0.3 is 29.1 Å². The molecule has 0 radical (unpaired) electrons. The minimum atomic E-state index is -0.666. The molecule has 0 spiro atoms. The highest BCUT2D eigenvalue weighted by atomic mass is 16.6. The molecule has 4 rings (SSSR count). The fraction of sp³-hybridized carbons (Fsp3) is 0.520. The average molecular weight is 500 g/mol. The van der Waals surface area contributed by atoms with E-state index in [1.165, 1.54) is 0 Å². The lowest BCUT2D eigenvalue weighted by atomic mass is 10.0. The van der Waals surface area contributed by atoms with Crippen LogP contribution in [-0.4, -0.2) is 89.7 Å². The first-order valence-electron chi connectivity index (χ1n) is 12.1. The quantitative estimate of drug-likeness (QED) is 0.616. The predicted molar refractivity (Wildman–Crippen MR) is 133 cm³/mol. The van der Waals surface area contributed by atoms with Crippen LogP contribution in [-0.2, 0) is 9.47 Å². The summed E-state index contributed by atoms with van der Waals surface area (Å²) in [6.45, 7) is 10.2. The highest BCUT2D eigenvalue weighted by Crippen LogP contribution is 2.36. The Balaban J connectivity index is 1.78. The van der Waals surface area contributed by atoms with Crippen LogP contribution in [0.2, 0.25) is 0 Å². The lowest BCUT2D eigenvalue weighted by Gasteiger charge is -2.34. The van der Waals surface area contributed by atoms with Gasteiger partial charge in [-0.2, -0.15) is 4.98 Å². The largest absolute Gasteiger partial charge is 0.469 e. The molecule has 2 N–H and O–H groups in total. The number of carbonyl (C=O) groups is 2. The molecule has 2 amide bonds. The number of ether oxygens (including phenoxy) is 3. The van der Waals surface area contributed by atoms with Crippen LogP contribution in [0.3, 0.4) is 0 Å². The Morgan fingerprint density at radius 1 is 1.28 bits per heavy atom. The number of nitrogens with one attached hydrogen (secondary N) is 1. The summed E-state index contributed by atoms with van der Waals surface area (Å²) in [5, 5.41) is 11.4. The Bertz CT molecular complexity index is 1110. The first kappa shape index (κ1) is 25.6. The molecule has 1 aromatic heterocycles. The molecule has 1 fully saturated rings. The summed E-state index contributed by atoms with van der Waals surface area (Å²) in [6.07, 6.45) is -0.666. The van der Waals surface area contributed by atoms with Crippen LogP contribution >= 0.6 is 0 Å². The summed E-state index contributed by atoms with van der Waals surface area (Å²) in [4.78, 5) is 38.9. The van der Waals surface area contributed by atoms with Crippen LogP contribution in [0.4, 0.5) is 16.4 Å². The van der Waals surface area contributed by atoms with Crippen molar-refractivity contribution < 1.29 is 28.9 Å². The van der Waals surface area contributed by atoms with Gasteiger partial charge in [-0.1, -0.05) is 12.1 Å². The molecular weight excluding hydrogens is 466 g/mol. The number of hydrogen-bond acceptors (Lipinski definition) is 9. The predicted octanol–water partition coefficient (Wildman–Crippen LogP) is 2.54. The van der Waals surface area contributed by atoms with E-state index < -0.39 is 11.7 Å². The van der Waals surface area contributed by atoms with E-state index in [0.717, 1.165) is 0 Å². The second-order valence-corrected chi connectivity index (χ2v) is 9.41.